The minimum absolute atomic E-state index is 0.195. The number of rotatable bonds is 3. The maximum atomic E-state index is 11.0. The number of aromatic amines is 1. The zero-order chi connectivity index (χ0) is 13.5. The monoisotopic (exact) mass is 290 g/mol. The molecule has 96 valence electrons. The SMILES string of the molecule is O=C(O)c1nc2c(CP(=O)(O)O)cc(Cl)cc2[nH]1. The predicted octanol–water partition coefficient (Wildman–Crippen LogP) is 1.59. The van der Waals surface area contributed by atoms with Gasteiger partial charge in [0, 0.05) is 5.02 Å². The Kier molecular flexibility index (Phi) is 3.16. The van der Waals surface area contributed by atoms with Crippen LogP contribution in [0.5, 0.6) is 0 Å². The van der Waals surface area contributed by atoms with E-state index < -0.39 is 19.7 Å². The van der Waals surface area contributed by atoms with Crippen molar-refractivity contribution in [1.29, 1.82) is 0 Å². The van der Waals surface area contributed by atoms with E-state index in [1.807, 2.05) is 0 Å². The Labute approximate surface area is 106 Å². The van der Waals surface area contributed by atoms with Crippen molar-refractivity contribution in [1.82, 2.24) is 9.97 Å². The minimum Gasteiger partial charge on any atom is -0.475 e. The third kappa shape index (κ3) is 2.70. The lowest BCUT2D eigenvalue weighted by atomic mass is 10.2. The lowest BCUT2D eigenvalue weighted by molar-refractivity contribution is 0.0685. The van der Waals surface area contributed by atoms with E-state index in [4.69, 9.17) is 26.5 Å². The lowest BCUT2D eigenvalue weighted by Gasteiger charge is -2.05. The summed E-state index contributed by atoms with van der Waals surface area (Å²) in [6.45, 7) is 0. The highest BCUT2D eigenvalue weighted by Gasteiger charge is 2.20. The minimum atomic E-state index is -4.29. The van der Waals surface area contributed by atoms with Gasteiger partial charge in [-0.3, -0.25) is 4.57 Å². The third-order valence-corrected chi connectivity index (χ3v) is 3.18. The van der Waals surface area contributed by atoms with Gasteiger partial charge in [0.15, 0.2) is 0 Å². The molecule has 7 nitrogen and oxygen atoms in total. The number of aromatic carboxylic acids is 1. The van der Waals surface area contributed by atoms with E-state index in [1.54, 1.807) is 0 Å². The number of carboxylic acids is 1. The van der Waals surface area contributed by atoms with Crippen molar-refractivity contribution in [2.24, 2.45) is 0 Å². The number of halogens is 1. The number of carboxylic acid groups (broad SMARTS) is 1. The second kappa shape index (κ2) is 4.37. The van der Waals surface area contributed by atoms with Crippen molar-refractivity contribution in [2.75, 3.05) is 0 Å². The molecule has 0 unspecified atom stereocenters. The first-order valence-corrected chi connectivity index (χ1v) is 6.90. The molecule has 0 aliphatic heterocycles. The Morgan fingerprint density at radius 2 is 2.11 bits per heavy atom. The molecule has 0 spiro atoms. The van der Waals surface area contributed by atoms with Gasteiger partial charge >= 0.3 is 13.6 Å². The zero-order valence-electron chi connectivity index (χ0n) is 8.79. The Balaban J connectivity index is 2.64. The first-order chi connectivity index (χ1) is 8.26. The number of fused-ring (bicyclic) bond motifs is 1. The van der Waals surface area contributed by atoms with Crippen LogP contribution < -0.4 is 0 Å². The Morgan fingerprint density at radius 1 is 1.44 bits per heavy atom. The number of hydrogen-bond acceptors (Lipinski definition) is 3. The average molecular weight is 291 g/mol. The van der Waals surface area contributed by atoms with E-state index in [0.717, 1.165) is 0 Å². The topological polar surface area (TPSA) is 124 Å². The van der Waals surface area contributed by atoms with E-state index in [0.29, 0.717) is 5.52 Å². The van der Waals surface area contributed by atoms with Crippen molar-refractivity contribution in [3.8, 4) is 0 Å². The number of H-pyrrole nitrogens is 1. The van der Waals surface area contributed by atoms with Crippen LogP contribution in [0.4, 0.5) is 0 Å². The summed E-state index contributed by atoms with van der Waals surface area (Å²) in [6, 6.07) is 2.80. The summed E-state index contributed by atoms with van der Waals surface area (Å²) >= 11 is 5.79. The van der Waals surface area contributed by atoms with Gasteiger partial charge in [0.1, 0.15) is 0 Å². The molecule has 0 aliphatic carbocycles. The van der Waals surface area contributed by atoms with E-state index in [2.05, 4.69) is 9.97 Å². The highest BCUT2D eigenvalue weighted by atomic mass is 35.5. The van der Waals surface area contributed by atoms with Crippen LogP contribution in [-0.4, -0.2) is 30.8 Å². The molecule has 1 heterocycles. The van der Waals surface area contributed by atoms with Gasteiger partial charge in [-0.05, 0) is 17.7 Å². The molecule has 1 aromatic carbocycles. The number of aromatic nitrogens is 2. The van der Waals surface area contributed by atoms with E-state index >= 15 is 0 Å². The first-order valence-electron chi connectivity index (χ1n) is 4.72. The molecule has 0 aliphatic rings. The smallest absolute Gasteiger partial charge is 0.371 e. The number of benzene rings is 1. The number of nitrogens with one attached hydrogen (secondary N) is 1. The van der Waals surface area contributed by atoms with Crippen LogP contribution in [0, 0.1) is 0 Å². The van der Waals surface area contributed by atoms with Gasteiger partial charge in [-0.1, -0.05) is 11.6 Å². The summed E-state index contributed by atoms with van der Waals surface area (Å²) in [6.07, 6.45) is -0.548. The molecule has 4 N–H and O–H groups in total. The van der Waals surface area contributed by atoms with Crippen molar-refractivity contribution in [2.45, 2.75) is 6.16 Å². The van der Waals surface area contributed by atoms with Crippen molar-refractivity contribution >= 4 is 36.2 Å². The van der Waals surface area contributed by atoms with Crippen LogP contribution in [0.15, 0.2) is 12.1 Å². The first kappa shape index (κ1) is 13.0. The largest absolute Gasteiger partial charge is 0.475 e. The van der Waals surface area contributed by atoms with Crippen LogP contribution in [0.25, 0.3) is 11.0 Å². The quantitative estimate of drug-likeness (QED) is 0.636. The van der Waals surface area contributed by atoms with E-state index in [1.165, 1.54) is 12.1 Å². The van der Waals surface area contributed by atoms with Crippen LogP contribution in [0.2, 0.25) is 5.02 Å². The van der Waals surface area contributed by atoms with Crippen molar-refractivity contribution < 1.29 is 24.3 Å². The molecule has 9 heteroatoms. The summed E-state index contributed by atoms with van der Waals surface area (Å²) in [5.74, 6) is -1.57. The summed E-state index contributed by atoms with van der Waals surface area (Å²) in [5, 5.41) is 9.04. The van der Waals surface area contributed by atoms with Gasteiger partial charge < -0.3 is 19.9 Å². The van der Waals surface area contributed by atoms with Gasteiger partial charge in [-0.25, -0.2) is 9.78 Å². The maximum Gasteiger partial charge on any atom is 0.371 e. The van der Waals surface area contributed by atoms with Gasteiger partial charge in [0.2, 0.25) is 5.82 Å². The van der Waals surface area contributed by atoms with Gasteiger partial charge in [-0.2, -0.15) is 0 Å². The molecule has 0 saturated carbocycles. The molecule has 0 radical (unpaired) electrons. The standard InChI is InChI=1S/C9H8ClN2O5P/c10-5-1-4(3-18(15,16)17)7-6(2-5)11-8(12-7)9(13)14/h1-2H,3H2,(H,11,12)(H,13,14)(H2,15,16,17). The molecule has 1 aromatic heterocycles. The average Bonchev–Trinajstić information content (AvgIpc) is 2.58. The second-order valence-corrected chi connectivity index (χ2v) is 5.76. The molecule has 2 rings (SSSR count). The molecule has 18 heavy (non-hydrogen) atoms. The van der Waals surface area contributed by atoms with Gasteiger partial charge in [-0.15, -0.1) is 0 Å². The van der Waals surface area contributed by atoms with E-state index in [-0.39, 0.29) is 21.9 Å². The fraction of sp³-hybridized carbons (Fsp3) is 0.111. The molecular formula is C9H8ClN2O5P. The van der Waals surface area contributed by atoms with Gasteiger partial charge in [0.25, 0.3) is 0 Å². The number of hydrogen-bond donors (Lipinski definition) is 4. The summed E-state index contributed by atoms with van der Waals surface area (Å²) < 4.78 is 11.0. The van der Waals surface area contributed by atoms with Crippen LogP contribution >= 0.6 is 19.2 Å². The number of carbonyl (C=O) groups is 1. The fourth-order valence-corrected chi connectivity index (χ4v) is 2.52. The molecule has 0 fully saturated rings. The van der Waals surface area contributed by atoms with Gasteiger partial charge in [0.05, 0.1) is 17.2 Å². The van der Waals surface area contributed by atoms with Crippen molar-refractivity contribution in [3.05, 3.63) is 28.5 Å². The molecular weight excluding hydrogens is 283 g/mol. The fourth-order valence-electron chi connectivity index (χ4n) is 1.59. The highest BCUT2D eigenvalue weighted by molar-refractivity contribution is 7.50. The molecule has 0 atom stereocenters. The summed E-state index contributed by atoms with van der Waals surface area (Å²) in [7, 11) is -4.29. The number of imidazole rings is 1. The normalized spacial score (nSPS) is 11.9. The van der Waals surface area contributed by atoms with Crippen LogP contribution in [0.3, 0.4) is 0 Å². The predicted molar refractivity (Wildman–Crippen MR) is 63.8 cm³/mol. The van der Waals surface area contributed by atoms with E-state index in [9.17, 15) is 9.36 Å². The third-order valence-electron chi connectivity index (χ3n) is 2.21. The van der Waals surface area contributed by atoms with Crippen molar-refractivity contribution in [3.63, 3.8) is 0 Å². The number of nitrogens with zero attached hydrogens (tertiary/aromatic N) is 1. The maximum absolute atomic E-state index is 11.0. The zero-order valence-corrected chi connectivity index (χ0v) is 10.4. The van der Waals surface area contributed by atoms with Crippen LogP contribution in [0.1, 0.15) is 16.2 Å². The lowest BCUT2D eigenvalue weighted by Crippen LogP contribution is -1.98. The Hall–Kier alpha value is -1.40. The molecule has 2 aromatic rings. The second-order valence-electron chi connectivity index (χ2n) is 3.67. The van der Waals surface area contributed by atoms with Crippen LogP contribution in [-0.2, 0) is 10.7 Å². The Bertz CT molecular complexity index is 677. The molecule has 0 amide bonds. The molecule has 0 saturated heterocycles. The Morgan fingerprint density at radius 3 is 2.67 bits per heavy atom. The summed E-state index contributed by atoms with van der Waals surface area (Å²) in [5.41, 5.74) is 0.720. The highest BCUT2D eigenvalue weighted by Crippen LogP contribution is 2.41. The molecule has 0 bridgehead atoms. The summed E-state index contributed by atoms with van der Waals surface area (Å²) in [4.78, 5) is 35.0.